The molecule has 0 radical (unpaired) electrons. The lowest BCUT2D eigenvalue weighted by Gasteiger charge is -1.99. The van der Waals surface area contributed by atoms with Crippen LogP contribution in [0.4, 0.5) is 0 Å². The number of ether oxygens (including phenoxy) is 1. The van der Waals surface area contributed by atoms with E-state index in [-0.39, 0.29) is 12.8 Å². The van der Waals surface area contributed by atoms with Gasteiger partial charge in [-0.05, 0) is 6.42 Å². The molecule has 0 saturated carbocycles. The van der Waals surface area contributed by atoms with Gasteiger partial charge in [0, 0.05) is 6.42 Å². The van der Waals surface area contributed by atoms with Gasteiger partial charge in [0.05, 0.1) is 0 Å². The van der Waals surface area contributed by atoms with Crippen LogP contribution in [0.1, 0.15) is 19.8 Å². The normalized spacial score (nSPS) is 9.11. The highest BCUT2D eigenvalue weighted by molar-refractivity contribution is 5.69. The summed E-state index contributed by atoms with van der Waals surface area (Å²) in [5, 5.41) is 0. The van der Waals surface area contributed by atoms with Gasteiger partial charge in [-0.15, -0.1) is 0 Å². The summed E-state index contributed by atoms with van der Waals surface area (Å²) in [4.78, 5) is 14.5. The summed E-state index contributed by atoms with van der Waals surface area (Å²) < 4.78 is 4.45. The lowest BCUT2D eigenvalue weighted by Crippen LogP contribution is -2.10. The van der Waals surface area contributed by atoms with Crippen molar-refractivity contribution in [2.24, 2.45) is 5.90 Å². The molecule has 0 amide bonds. The summed E-state index contributed by atoms with van der Waals surface area (Å²) in [5.74, 6) is 4.32. The third-order valence-corrected chi connectivity index (χ3v) is 0.742. The Hall–Kier alpha value is -0.610. The van der Waals surface area contributed by atoms with Crippen molar-refractivity contribution in [1.82, 2.24) is 0 Å². The van der Waals surface area contributed by atoms with Crippen molar-refractivity contribution in [2.75, 3.05) is 6.79 Å². The molecule has 0 aliphatic heterocycles. The minimum absolute atomic E-state index is 0.154. The number of carbonyl (C=O) groups excluding carboxylic acids is 1. The second-order valence-electron chi connectivity index (χ2n) is 1.55. The van der Waals surface area contributed by atoms with E-state index in [2.05, 4.69) is 15.5 Å². The van der Waals surface area contributed by atoms with E-state index in [0.717, 1.165) is 6.42 Å². The molecule has 0 bridgehead atoms. The molecule has 9 heavy (non-hydrogen) atoms. The average Bonchev–Trinajstić information content (AvgIpc) is 1.85. The first-order valence-corrected chi connectivity index (χ1v) is 2.78. The predicted octanol–water partition coefficient (Wildman–Crippen LogP) is 0.178. The van der Waals surface area contributed by atoms with Crippen molar-refractivity contribution in [3.63, 3.8) is 0 Å². The summed E-state index contributed by atoms with van der Waals surface area (Å²) in [6.07, 6.45) is 1.20. The zero-order valence-electron chi connectivity index (χ0n) is 5.42. The van der Waals surface area contributed by atoms with E-state index < -0.39 is 0 Å². The van der Waals surface area contributed by atoms with E-state index in [1.165, 1.54) is 0 Å². The monoisotopic (exact) mass is 133 g/mol. The summed E-state index contributed by atoms with van der Waals surface area (Å²) in [5.41, 5.74) is 0. The van der Waals surface area contributed by atoms with Gasteiger partial charge in [0.25, 0.3) is 0 Å². The van der Waals surface area contributed by atoms with Gasteiger partial charge in [0.2, 0.25) is 6.79 Å². The van der Waals surface area contributed by atoms with E-state index in [0.29, 0.717) is 6.42 Å². The topological polar surface area (TPSA) is 61.5 Å². The number of nitrogens with two attached hydrogens (primary N) is 1. The summed E-state index contributed by atoms with van der Waals surface area (Å²) in [6, 6.07) is 0. The number of esters is 1. The fourth-order valence-electron chi connectivity index (χ4n) is 0.376. The SMILES string of the molecule is CCCC(=O)OCON. The zero-order valence-corrected chi connectivity index (χ0v) is 5.42. The largest absolute Gasteiger partial charge is 0.437 e. The molecule has 0 heterocycles. The fourth-order valence-corrected chi connectivity index (χ4v) is 0.376. The Morgan fingerprint density at radius 2 is 2.33 bits per heavy atom. The molecule has 0 fully saturated rings. The van der Waals surface area contributed by atoms with Crippen molar-refractivity contribution in [1.29, 1.82) is 0 Å². The van der Waals surface area contributed by atoms with Crippen molar-refractivity contribution in [3.8, 4) is 0 Å². The average molecular weight is 133 g/mol. The van der Waals surface area contributed by atoms with Crippen LogP contribution in [0.2, 0.25) is 0 Å². The first kappa shape index (κ1) is 8.39. The van der Waals surface area contributed by atoms with Crippen LogP contribution in [-0.4, -0.2) is 12.8 Å². The highest BCUT2D eigenvalue weighted by Crippen LogP contribution is 1.89. The van der Waals surface area contributed by atoms with Gasteiger partial charge in [0.15, 0.2) is 0 Å². The standard InChI is InChI=1S/C5H11NO3/c1-2-3-5(7)8-4-9-6/h2-4,6H2,1H3. The molecule has 0 unspecified atom stereocenters. The van der Waals surface area contributed by atoms with E-state index in [9.17, 15) is 4.79 Å². The van der Waals surface area contributed by atoms with Crippen LogP contribution in [0, 0.1) is 0 Å². The van der Waals surface area contributed by atoms with Crippen molar-refractivity contribution < 1.29 is 14.4 Å². The number of carbonyl (C=O) groups is 1. The molecule has 54 valence electrons. The molecule has 0 aromatic heterocycles. The summed E-state index contributed by atoms with van der Waals surface area (Å²) >= 11 is 0. The minimum atomic E-state index is -0.275. The lowest BCUT2D eigenvalue weighted by atomic mass is 10.3. The maximum absolute atomic E-state index is 10.4. The Labute approximate surface area is 53.9 Å². The first-order valence-electron chi connectivity index (χ1n) is 2.78. The second-order valence-corrected chi connectivity index (χ2v) is 1.55. The van der Waals surface area contributed by atoms with E-state index in [1.54, 1.807) is 0 Å². The molecule has 0 aliphatic rings. The molecular weight excluding hydrogens is 122 g/mol. The fraction of sp³-hybridized carbons (Fsp3) is 0.800. The zero-order chi connectivity index (χ0) is 7.11. The van der Waals surface area contributed by atoms with Crippen LogP contribution in [0.3, 0.4) is 0 Å². The third-order valence-electron chi connectivity index (χ3n) is 0.742. The molecule has 2 N–H and O–H groups in total. The quantitative estimate of drug-likeness (QED) is 0.337. The van der Waals surface area contributed by atoms with Crippen LogP contribution in [0.5, 0.6) is 0 Å². The minimum Gasteiger partial charge on any atom is -0.437 e. The van der Waals surface area contributed by atoms with Gasteiger partial charge >= 0.3 is 5.97 Å². The first-order chi connectivity index (χ1) is 4.31. The Kier molecular flexibility index (Phi) is 5.15. The van der Waals surface area contributed by atoms with Crippen molar-refractivity contribution in [2.45, 2.75) is 19.8 Å². The maximum Gasteiger partial charge on any atom is 0.307 e. The van der Waals surface area contributed by atoms with Crippen LogP contribution in [0.25, 0.3) is 0 Å². The Morgan fingerprint density at radius 3 is 2.78 bits per heavy atom. The maximum atomic E-state index is 10.4. The highest BCUT2D eigenvalue weighted by atomic mass is 16.7. The number of hydrogen-bond donors (Lipinski definition) is 1. The van der Waals surface area contributed by atoms with E-state index in [4.69, 9.17) is 0 Å². The van der Waals surface area contributed by atoms with Gasteiger partial charge in [-0.25, -0.2) is 5.90 Å². The van der Waals surface area contributed by atoms with Crippen LogP contribution < -0.4 is 5.90 Å². The smallest absolute Gasteiger partial charge is 0.307 e. The molecule has 4 heteroatoms. The molecule has 0 aromatic rings. The van der Waals surface area contributed by atoms with Crippen LogP contribution in [-0.2, 0) is 14.4 Å². The van der Waals surface area contributed by atoms with E-state index >= 15 is 0 Å². The number of rotatable bonds is 4. The lowest BCUT2D eigenvalue weighted by molar-refractivity contribution is -0.156. The number of hydrogen-bond acceptors (Lipinski definition) is 4. The van der Waals surface area contributed by atoms with E-state index in [1.807, 2.05) is 6.92 Å². The Balaban J connectivity index is 3.06. The van der Waals surface area contributed by atoms with Gasteiger partial charge in [0.1, 0.15) is 0 Å². The van der Waals surface area contributed by atoms with Gasteiger partial charge in [-0.2, -0.15) is 0 Å². The molecular formula is C5H11NO3. The Morgan fingerprint density at radius 1 is 1.67 bits per heavy atom. The third kappa shape index (κ3) is 5.26. The molecule has 0 spiro atoms. The van der Waals surface area contributed by atoms with Crippen LogP contribution in [0.15, 0.2) is 0 Å². The predicted molar refractivity (Wildman–Crippen MR) is 31.1 cm³/mol. The molecule has 0 aliphatic carbocycles. The summed E-state index contributed by atoms with van der Waals surface area (Å²) in [7, 11) is 0. The Bertz CT molecular complexity index is 84.3. The highest BCUT2D eigenvalue weighted by Gasteiger charge is 1.97. The van der Waals surface area contributed by atoms with Gasteiger partial charge in [-0.1, -0.05) is 6.92 Å². The van der Waals surface area contributed by atoms with Gasteiger partial charge in [-0.3, -0.25) is 9.63 Å². The summed E-state index contributed by atoms with van der Waals surface area (Å²) in [6.45, 7) is 1.74. The van der Waals surface area contributed by atoms with Crippen molar-refractivity contribution in [3.05, 3.63) is 0 Å². The molecule has 0 aromatic carbocycles. The second kappa shape index (κ2) is 5.53. The van der Waals surface area contributed by atoms with Gasteiger partial charge < -0.3 is 4.74 Å². The van der Waals surface area contributed by atoms with Crippen molar-refractivity contribution >= 4 is 5.97 Å². The molecule has 0 rings (SSSR count). The molecule has 0 atom stereocenters. The van der Waals surface area contributed by atoms with Crippen LogP contribution >= 0.6 is 0 Å². The molecule has 0 saturated heterocycles. The molecule has 4 nitrogen and oxygen atoms in total.